The molecule has 0 bridgehead atoms. The molecular formula is C17H17ClOS. The molecule has 0 spiro atoms. The zero-order chi connectivity index (χ0) is 13.9. The third-order valence-corrected chi connectivity index (χ3v) is 5.51. The third kappa shape index (κ3) is 2.88. The van der Waals surface area contributed by atoms with Crippen LogP contribution in [0.2, 0.25) is 5.02 Å². The molecule has 1 nitrogen and oxygen atoms in total. The summed E-state index contributed by atoms with van der Waals surface area (Å²) in [6.07, 6.45) is 1.80. The van der Waals surface area contributed by atoms with Gasteiger partial charge < -0.3 is 5.11 Å². The lowest BCUT2D eigenvalue weighted by molar-refractivity contribution is 0.166. The molecule has 3 rings (SSSR count). The Kier molecular flexibility index (Phi) is 4.35. The van der Waals surface area contributed by atoms with E-state index in [0.29, 0.717) is 5.75 Å². The Balaban J connectivity index is 1.66. The first kappa shape index (κ1) is 14.0. The van der Waals surface area contributed by atoms with Gasteiger partial charge in [-0.1, -0.05) is 48.0 Å². The topological polar surface area (TPSA) is 20.2 Å². The van der Waals surface area contributed by atoms with Crippen LogP contribution in [0.1, 0.15) is 23.5 Å². The molecule has 1 aliphatic carbocycles. The number of benzene rings is 2. The van der Waals surface area contributed by atoms with Gasteiger partial charge in [0.2, 0.25) is 0 Å². The van der Waals surface area contributed by atoms with Gasteiger partial charge in [0.1, 0.15) is 0 Å². The van der Waals surface area contributed by atoms with Crippen LogP contribution in [0.15, 0.2) is 53.4 Å². The van der Waals surface area contributed by atoms with Crippen molar-refractivity contribution in [2.75, 3.05) is 5.75 Å². The van der Waals surface area contributed by atoms with Crippen LogP contribution < -0.4 is 0 Å². The predicted molar refractivity (Wildman–Crippen MR) is 85.7 cm³/mol. The van der Waals surface area contributed by atoms with E-state index in [-0.39, 0.29) is 12.0 Å². The van der Waals surface area contributed by atoms with Crippen molar-refractivity contribution in [1.82, 2.24) is 0 Å². The van der Waals surface area contributed by atoms with Gasteiger partial charge in [-0.15, -0.1) is 11.8 Å². The first-order chi connectivity index (χ1) is 9.75. The molecule has 1 N–H and O–H groups in total. The van der Waals surface area contributed by atoms with Crippen LogP contribution in [0.3, 0.4) is 0 Å². The summed E-state index contributed by atoms with van der Waals surface area (Å²) in [4.78, 5) is 1.04. The average Bonchev–Trinajstić information content (AvgIpc) is 2.90. The summed E-state index contributed by atoms with van der Waals surface area (Å²) < 4.78 is 0. The van der Waals surface area contributed by atoms with Crippen molar-refractivity contribution >= 4 is 23.4 Å². The molecule has 104 valence electrons. The van der Waals surface area contributed by atoms with E-state index in [9.17, 15) is 5.11 Å². The largest absolute Gasteiger partial charge is 0.392 e. The summed E-state index contributed by atoms with van der Waals surface area (Å²) in [7, 11) is 0. The highest BCUT2D eigenvalue weighted by molar-refractivity contribution is 7.99. The van der Waals surface area contributed by atoms with Crippen molar-refractivity contribution in [2.24, 2.45) is 0 Å². The molecule has 2 aromatic carbocycles. The number of halogens is 1. The van der Waals surface area contributed by atoms with Gasteiger partial charge >= 0.3 is 0 Å². The van der Waals surface area contributed by atoms with E-state index in [1.807, 2.05) is 24.3 Å². The van der Waals surface area contributed by atoms with E-state index >= 15 is 0 Å². The van der Waals surface area contributed by atoms with Gasteiger partial charge in [0, 0.05) is 16.6 Å². The van der Waals surface area contributed by atoms with Crippen molar-refractivity contribution in [3.63, 3.8) is 0 Å². The van der Waals surface area contributed by atoms with Gasteiger partial charge in [-0.05, 0) is 36.1 Å². The van der Waals surface area contributed by atoms with Crippen LogP contribution in [0.5, 0.6) is 0 Å². The Morgan fingerprint density at radius 2 is 1.90 bits per heavy atom. The van der Waals surface area contributed by atoms with Crippen LogP contribution in [-0.4, -0.2) is 17.0 Å². The van der Waals surface area contributed by atoms with Crippen molar-refractivity contribution in [2.45, 2.75) is 29.8 Å². The van der Waals surface area contributed by atoms with E-state index in [0.717, 1.165) is 22.8 Å². The Bertz CT molecular complexity index is 599. The van der Waals surface area contributed by atoms with Crippen molar-refractivity contribution in [1.29, 1.82) is 0 Å². The van der Waals surface area contributed by atoms with Crippen molar-refractivity contribution in [3.8, 4) is 0 Å². The van der Waals surface area contributed by atoms with E-state index in [2.05, 4.69) is 24.3 Å². The van der Waals surface area contributed by atoms with Gasteiger partial charge in [0.15, 0.2) is 0 Å². The molecule has 3 heteroatoms. The Morgan fingerprint density at radius 1 is 1.15 bits per heavy atom. The summed E-state index contributed by atoms with van der Waals surface area (Å²) in [5.41, 5.74) is 2.71. The minimum atomic E-state index is -0.320. The number of rotatable bonds is 4. The Hall–Kier alpha value is -0.960. The second kappa shape index (κ2) is 6.21. The number of hydrogen-bond donors (Lipinski definition) is 1. The van der Waals surface area contributed by atoms with Crippen LogP contribution in [0.25, 0.3) is 0 Å². The number of hydrogen-bond acceptors (Lipinski definition) is 2. The van der Waals surface area contributed by atoms with E-state index in [1.54, 1.807) is 11.8 Å². The lowest BCUT2D eigenvalue weighted by atomic mass is 9.96. The van der Waals surface area contributed by atoms with Crippen LogP contribution in [-0.2, 0) is 6.42 Å². The third-order valence-electron chi connectivity index (χ3n) is 3.89. The molecule has 2 unspecified atom stereocenters. The first-order valence-electron chi connectivity index (χ1n) is 6.89. The second-order valence-corrected chi connectivity index (χ2v) is 6.62. The summed E-state index contributed by atoms with van der Waals surface area (Å²) in [5.74, 6) is 0.948. The number of aliphatic hydroxyl groups is 1. The lowest BCUT2D eigenvalue weighted by Gasteiger charge is -2.19. The number of fused-ring (bicyclic) bond motifs is 1. The molecule has 0 heterocycles. The van der Waals surface area contributed by atoms with E-state index < -0.39 is 0 Å². The van der Waals surface area contributed by atoms with Gasteiger partial charge in [-0.3, -0.25) is 0 Å². The fraction of sp³-hybridized carbons (Fsp3) is 0.294. The molecule has 0 saturated carbocycles. The highest BCUT2D eigenvalue weighted by Crippen LogP contribution is 2.37. The zero-order valence-corrected chi connectivity index (χ0v) is 12.7. The maximum Gasteiger partial charge on any atom is 0.0702 e. The van der Waals surface area contributed by atoms with Crippen LogP contribution >= 0.6 is 23.4 Å². The quantitative estimate of drug-likeness (QED) is 0.838. The van der Waals surface area contributed by atoms with Gasteiger partial charge in [-0.25, -0.2) is 0 Å². The molecule has 0 fully saturated rings. The number of thioether (sulfide) groups is 1. The molecule has 0 aliphatic heterocycles. The molecule has 2 atom stereocenters. The molecule has 20 heavy (non-hydrogen) atoms. The minimum Gasteiger partial charge on any atom is -0.392 e. The summed E-state index contributed by atoms with van der Waals surface area (Å²) >= 11 is 7.78. The highest BCUT2D eigenvalue weighted by atomic mass is 35.5. The monoisotopic (exact) mass is 304 g/mol. The maximum atomic E-state index is 10.5. The molecular weight excluding hydrogens is 288 g/mol. The average molecular weight is 305 g/mol. The maximum absolute atomic E-state index is 10.5. The SMILES string of the molecule is OC(CSc1ccccc1Cl)C1CCc2ccccc21. The van der Waals surface area contributed by atoms with Gasteiger partial charge in [0.25, 0.3) is 0 Å². The number of aliphatic hydroxyl groups excluding tert-OH is 1. The fourth-order valence-electron chi connectivity index (χ4n) is 2.84. The Labute approximate surface area is 129 Å². The van der Waals surface area contributed by atoms with E-state index in [1.165, 1.54) is 11.1 Å². The van der Waals surface area contributed by atoms with Gasteiger partial charge in [-0.2, -0.15) is 0 Å². The molecule has 0 saturated heterocycles. The Morgan fingerprint density at radius 3 is 2.75 bits per heavy atom. The molecule has 1 aliphatic rings. The normalized spacial score (nSPS) is 18.8. The van der Waals surface area contributed by atoms with E-state index in [4.69, 9.17) is 11.6 Å². The molecule has 0 aromatic heterocycles. The first-order valence-corrected chi connectivity index (χ1v) is 8.25. The van der Waals surface area contributed by atoms with Crippen molar-refractivity contribution < 1.29 is 5.11 Å². The van der Waals surface area contributed by atoms with Crippen molar-refractivity contribution in [3.05, 3.63) is 64.7 Å². The molecule has 0 radical (unpaired) electrons. The zero-order valence-electron chi connectivity index (χ0n) is 11.1. The van der Waals surface area contributed by atoms with Gasteiger partial charge in [0.05, 0.1) is 11.1 Å². The predicted octanol–water partition coefficient (Wildman–Crippen LogP) is 4.52. The molecule has 2 aromatic rings. The summed E-state index contributed by atoms with van der Waals surface area (Å²) in [5, 5.41) is 11.2. The molecule has 0 amide bonds. The standard InChI is InChI=1S/C17H17ClOS/c18-15-7-3-4-8-17(15)20-11-16(19)14-10-9-12-5-1-2-6-13(12)14/h1-8,14,16,19H,9-11H2. The summed E-state index contributed by atoms with van der Waals surface area (Å²) in [6.45, 7) is 0. The second-order valence-electron chi connectivity index (χ2n) is 5.15. The van der Waals surface area contributed by atoms with Crippen LogP contribution in [0.4, 0.5) is 0 Å². The summed E-state index contributed by atoms with van der Waals surface area (Å²) in [6, 6.07) is 16.3. The minimum absolute atomic E-state index is 0.265. The highest BCUT2D eigenvalue weighted by Gasteiger charge is 2.28. The lowest BCUT2D eigenvalue weighted by Crippen LogP contribution is -2.19. The smallest absolute Gasteiger partial charge is 0.0702 e. The fourth-order valence-corrected chi connectivity index (χ4v) is 4.11. The van der Waals surface area contributed by atoms with Crippen LogP contribution in [0, 0.1) is 0 Å². The number of aryl methyl sites for hydroxylation is 1.